The number of imidazole rings is 1. The maximum atomic E-state index is 5.63. The van der Waals surface area contributed by atoms with Crippen LogP contribution in [0.15, 0.2) is 31.6 Å². The van der Waals surface area contributed by atoms with E-state index < -0.39 is 0 Å². The van der Waals surface area contributed by atoms with Crippen LogP contribution in [-0.2, 0) is 6.54 Å². The van der Waals surface area contributed by atoms with E-state index in [4.69, 9.17) is 10.5 Å². The maximum Gasteiger partial charge on any atom is 0.247 e. The van der Waals surface area contributed by atoms with Gasteiger partial charge in [-0.15, -0.1) is 6.58 Å². The van der Waals surface area contributed by atoms with Crippen LogP contribution in [0, 0.1) is 0 Å². The van der Waals surface area contributed by atoms with Gasteiger partial charge in [0.2, 0.25) is 11.8 Å². The average Bonchev–Trinajstić information content (AvgIpc) is 2.70. The van der Waals surface area contributed by atoms with Crippen molar-refractivity contribution in [1.82, 2.24) is 19.5 Å². The molecule has 2 aromatic heterocycles. The molecule has 0 aliphatic carbocycles. The van der Waals surface area contributed by atoms with Crippen LogP contribution in [0.4, 0.5) is 5.95 Å². The minimum Gasteiger partial charge on any atom is -0.472 e. The van der Waals surface area contributed by atoms with E-state index in [9.17, 15) is 0 Å². The van der Waals surface area contributed by atoms with Gasteiger partial charge >= 0.3 is 0 Å². The summed E-state index contributed by atoms with van der Waals surface area (Å²) < 4.78 is 7.21. The summed E-state index contributed by atoms with van der Waals surface area (Å²) >= 11 is 0. The second-order valence-corrected chi connectivity index (χ2v) is 3.34. The van der Waals surface area contributed by atoms with Gasteiger partial charge in [0, 0.05) is 6.54 Å². The Hall–Kier alpha value is -2.37. The summed E-state index contributed by atoms with van der Waals surface area (Å²) in [6.07, 6.45) is 5.04. The zero-order chi connectivity index (χ0) is 12.3. The van der Waals surface area contributed by atoms with Gasteiger partial charge in [-0.2, -0.15) is 9.97 Å². The average molecular weight is 231 g/mol. The number of nitrogens with zero attached hydrogens (tertiary/aromatic N) is 4. The monoisotopic (exact) mass is 231 g/mol. The molecule has 2 aromatic rings. The Balaban J connectivity index is 2.52. The minimum absolute atomic E-state index is 0.155. The Bertz CT molecular complexity index is 560. The number of aromatic nitrogens is 4. The SMILES string of the molecule is C=CCOc1nc(N)nc2c1ncn2CC=C. The van der Waals surface area contributed by atoms with E-state index in [1.807, 2.05) is 4.57 Å². The van der Waals surface area contributed by atoms with Crippen molar-refractivity contribution in [2.75, 3.05) is 12.3 Å². The van der Waals surface area contributed by atoms with Crippen molar-refractivity contribution in [3.8, 4) is 5.88 Å². The van der Waals surface area contributed by atoms with Crippen LogP contribution >= 0.6 is 0 Å². The molecule has 0 radical (unpaired) electrons. The van der Waals surface area contributed by atoms with Gasteiger partial charge in [0.1, 0.15) is 6.61 Å². The van der Waals surface area contributed by atoms with Gasteiger partial charge in [0.15, 0.2) is 11.2 Å². The van der Waals surface area contributed by atoms with Crippen LogP contribution in [0.5, 0.6) is 5.88 Å². The second-order valence-electron chi connectivity index (χ2n) is 3.34. The van der Waals surface area contributed by atoms with Crippen molar-refractivity contribution in [2.24, 2.45) is 0 Å². The van der Waals surface area contributed by atoms with Gasteiger partial charge in [-0.05, 0) is 0 Å². The van der Waals surface area contributed by atoms with Gasteiger partial charge in [0.25, 0.3) is 0 Å². The van der Waals surface area contributed by atoms with Crippen LogP contribution in [0.3, 0.4) is 0 Å². The molecule has 0 amide bonds. The Kier molecular flexibility index (Phi) is 3.04. The Labute approximate surface area is 98.5 Å². The first-order valence-electron chi connectivity index (χ1n) is 5.09. The number of fused-ring (bicyclic) bond motifs is 1. The van der Waals surface area contributed by atoms with Gasteiger partial charge < -0.3 is 15.0 Å². The minimum atomic E-state index is 0.155. The van der Waals surface area contributed by atoms with Gasteiger partial charge in [-0.25, -0.2) is 4.98 Å². The fourth-order valence-corrected chi connectivity index (χ4v) is 1.45. The summed E-state index contributed by atoms with van der Waals surface area (Å²) in [5.41, 5.74) is 6.85. The fraction of sp³-hybridized carbons (Fsp3) is 0.182. The van der Waals surface area contributed by atoms with Crippen LogP contribution in [0.2, 0.25) is 0 Å². The molecule has 88 valence electrons. The third kappa shape index (κ3) is 2.10. The number of anilines is 1. The number of ether oxygens (including phenoxy) is 1. The molecule has 0 saturated heterocycles. The van der Waals surface area contributed by atoms with E-state index >= 15 is 0 Å². The van der Waals surface area contributed by atoms with Crippen molar-refractivity contribution in [2.45, 2.75) is 6.54 Å². The van der Waals surface area contributed by atoms with Crippen LogP contribution < -0.4 is 10.5 Å². The van der Waals surface area contributed by atoms with Crippen LogP contribution in [0.1, 0.15) is 0 Å². The summed E-state index contributed by atoms with van der Waals surface area (Å²) in [5, 5.41) is 0. The molecule has 2 rings (SSSR count). The number of nitrogens with two attached hydrogens (primary N) is 1. The topological polar surface area (TPSA) is 78.8 Å². The molecule has 0 fully saturated rings. The van der Waals surface area contributed by atoms with Crippen molar-refractivity contribution >= 4 is 17.1 Å². The first-order valence-corrected chi connectivity index (χ1v) is 5.09. The second kappa shape index (κ2) is 4.65. The number of nitrogen functional groups attached to an aromatic ring is 1. The molecule has 0 unspecified atom stereocenters. The molecule has 0 aliphatic heterocycles. The van der Waals surface area contributed by atoms with Crippen LogP contribution in [-0.4, -0.2) is 26.1 Å². The van der Waals surface area contributed by atoms with Gasteiger partial charge in [-0.3, -0.25) is 0 Å². The molecule has 0 aromatic carbocycles. The van der Waals surface area contributed by atoms with E-state index in [1.54, 1.807) is 18.5 Å². The van der Waals surface area contributed by atoms with Crippen LogP contribution in [0.25, 0.3) is 11.2 Å². The quantitative estimate of drug-likeness (QED) is 0.781. The largest absolute Gasteiger partial charge is 0.472 e. The van der Waals surface area contributed by atoms with Gasteiger partial charge in [-0.1, -0.05) is 18.7 Å². The molecular weight excluding hydrogens is 218 g/mol. The summed E-state index contributed by atoms with van der Waals surface area (Å²) in [6, 6.07) is 0. The molecule has 6 nitrogen and oxygen atoms in total. The molecule has 2 heterocycles. The van der Waals surface area contributed by atoms with E-state index in [-0.39, 0.29) is 5.95 Å². The van der Waals surface area contributed by atoms with E-state index in [0.717, 1.165) is 0 Å². The molecule has 2 N–H and O–H groups in total. The summed E-state index contributed by atoms with van der Waals surface area (Å²) in [4.78, 5) is 12.4. The molecule has 6 heteroatoms. The molecule has 0 aliphatic rings. The number of rotatable bonds is 5. The normalized spacial score (nSPS) is 10.4. The highest BCUT2D eigenvalue weighted by Gasteiger charge is 2.12. The molecular formula is C11H13N5O. The predicted molar refractivity (Wildman–Crippen MR) is 65.6 cm³/mol. The zero-order valence-corrected chi connectivity index (χ0v) is 9.33. The zero-order valence-electron chi connectivity index (χ0n) is 9.33. The van der Waals surface area contributed by atoms with E-state index in [0.29, 0.717) is 30.2 Å². The predicted octanol–water partition coefficient (Wildman–Crippen LogP) is 1.16. The highest BCUT2D eigenvalue weighted by atomic mass is 16.5. The number of allylic oxidation sites excluding steroid dienone is 1. The third-order valence-corrected chi connectivity index (χ3v) is 2.11. The highest BCUT2D eigenvalue weighted by Crippen LogP contribution is 2.21. The summed E-state index contributed by atoms with van der Waals surface area (Å²) in [5.74, 6) is 0.526. The maximum absolute atomic E-state index is 5.63. The van der Waals surface area contributed by atoms with Crippen molar-refractivity contribution in [3.05, 3.63) is 31.6 Å². The van der Waals surface area contributed by atoms with E-state index in [2.05, 4.69) is 28.1 Å². The number of hydrogen-bond acceptors (Lipinski definition) is 5. The first-order chi connectivity index (χ1) is 8.26. The van der Waals surface area contributed by atoms with Crippen molar-refractivity contribution in [3.63, 3.8) is 0 Å². The molecule has 0 bridgehead atoms. The Morgan fingerprint density at radius 3 is 2.88 bits per heavy atom. The fourth-order valence-electron chi connectivity index (χ4n) is 1.45. The molecule has 0 spiro atoms. The molecule has 17 heavy (non-hydrogen) atoms. The van der Waals surface area contributed by atoms with Crippen molar-refractivity contribution < 1.29 is 4.74 Å². The Morgan fingerprint density at radius 2 is 2.18 bits per heavy atom. The summed E-state index contributed by atoms with van der Waals surface area (Å²) in [6.45, 7) is 8.20. The molecule has 0 saturated carbocycles. The van der Waals surface area contributed by atoms with E-state index in [1.165, 1.54) is 0 Å². The first kappa shape index (κ1) is 11.1. The van der Waals surface area contributed by atoms with Crippen molar-refractivity contribution in [1.29, 1.82) is 0 Å². The lowest BCUT2D eigenvalue weighted by Crippen LogP contribution is -2.03. The molecule has 0 atom stereocenters. The third-order valence-electron chi connectivity index (χ3n) is 2.11. The lowest BCUT2D eigenvalue weighted by molar-refractivity contribution is 0.353. The Morgan fingerprint density at radius 1 is 1.35 bits per heavy atom. The summed E-state index contributed by atoms with van der Waals surface area (Å²) in [7, 11) is 0. The lowest BCUT2D eigenvalue weighted by Gasteiger charge is -2.04. The highest BCUT2D eigenvalue weighted by molar-refractivity contribution is 5.77. The standard InChI is InChI=1S/C11H13N5O/c1-3-5-16-7-13-8-9(16)14-11(12)15-10(8)17-6-4-2/h3-4,7H,1-2,5-6H2,(H2,12,14,15). The smallest absolute Gasteiger partial charge is 0.247 e. The number of hydrogen-bond donors (Lipinski definition) is 1. The lowest BCUT2D eigenvalue weighted by atomic mass is 10.5. The van der Waals surface area contributed by atoms with Gasteiger partial charge in [0.05, 0.1) is 6.33 Å².